The van der Waals surface area contributed by atoms with Gasteiger partial charge in [-0.15, -0.1) is 0 Å². The predicted octanol–water partition coefficient (Wildman–Crippen LogP) is 3.51. The number of rotatable bonds is 8. The van der Waals surface area contributed by atoms with E-state index in [2.05, 4.69) is 15.3 Å². The molecule has 1 aliphatic rings. The number of carbonyl (C=O) groups is 1. The highest BCUT2D eigenvalue weighted by molar-refractivity contribution is 8.14. The largest absolute Gasteiger partial charge is 0.861 e. The van der Waals surface area contributed by atoms with E-state index in [1.54, 1.807) is 17.0 Å². The summed E-state index contributed by atoms with van der Waals surface area (Å²) in [4.78, 5) is 23.3. The van der Waals surface area contributed by atoms with E-state index in [-0.39, 0.29) is 29.3 Å². The molecule has 1 amide bonds. The van der Waals surface area contributed by atoms with Crippen molar-refractivity contribution in [2.75, 3.05) is 17.3 Å². The second-order valence-electron chi connectivity index (χ2n) is 7.81. The lowest BCUT2D eigenvalue weighted by atomic mass is 10.2. The molecule has 0 N–H and O–H groups in total. The third-order valence-electron chi connectivity index (χ3n) is 4.90. The molecular formula is C25H25N5O4S. The van der Waals surface area contributed by atoms with Gasteiger partial charge in [0.25, 0.3) is 12.1 Å². The number of para-hydroxylation sites is 1. The molecule has 2 heterocycles. The van der Waals surface area contributed by atoms with E-state index >= 15 is 0 Å². The SMILES string of the molecule is CCOc1ccc(/C=C2/N=C(SC/C([O-])=N/c3c[n+](C(C)C)no3)N(c3ccccc3)C2=O)cc1. The van der Waals surface area contributed by atoms with E-state index in [1.165, 1.54) is 4.90 Å². The van der Waals surface area contributed by atoms with E-state index in [9.17, 15) is 9.90 Å². The number of aromatic nitrogens is 2. The molecule has 4 rings (SSSR count). The average Bonchev–Trinajstić information content (AvgIpc) is 3.44. The number of amidine groups is 1. The van der Waals surface area contributed by atoms with Crippen molar-refractivity contribution in [3.05, 3.63) is 72.1 Å². The lowest BCUT2D eigenvalue weighted by Gasteiger charge is -2.18. The van der Waals surface area contributed by atoms with Gasteiger partial charge in [-0.1, -0.05) is 42.1 Å². The van der Waals surface area contributed by atoms with Gasteiger partial charge in [0, 0.05) is 5.75 Å². The number of hydrogen-bond acceptors (Lipinski definition) is 8. The third-order valence-corrected chi connectivity index (χ3v) is 5.82. The average molecular weight is 492 g/mol. The van der Waals surface area contributed by atoms with Crippen LogP contribution in [0.5, 0.6) is 5.75 Å². The van der Waals surface area contributed by atoms with E-state index in [1.807, 2.05) is 75.4 Å². The fourth-order valence-electron chi connectivity index (χ4n) is 3.21. The van der Waals surface area contributed by atoms with Gasteiger partial charge in [0.15, 0.2) is 11.2 Å². The monoisotopic (exact) mass is 491 g/mol. The van der Waals surface area contributed by atoms with Crippen molar-refractivity contribution in [3.8, 4) is 5.75 Å². The lowest BCUT2D eigenvalue weighted by molar-refractivity contribution is -0.779. The van der Waals surface area contributed by atoms with Gasteiger partial charge >= 0.3 is 5.88 Å². The maximum atomic E-state index is 13.3. The summed E-state index contributed by atoms with van der Waals surface area (Å²) >= 11 is 1.14. The van der Waals surface area contributed by atoms with E-state index in [4.69, 9.17) is 9.26 Å². The smallest absolute Gasteiger partial charge is 0.320 e. The predicted molar refractivity (Wildman–Crippen MR) is 134 cm³/mol. The molecule has 9 nitrogen and oxygen atoms in total. The van der Waals surface area contributed by atoms with Crippen LogP contribution >= 0.6 is 11.8 Å². The maximum Gasteiger partial charge on any atom is 0.320 e. The van der Waals surface area contributed by atoms with Crippen LogP contribution in [-0.4, -0.2) is 34.6 Å². The summed E-state index contributed by atoms with van der Waals surface area (Å²) in [6.07, 6.45) is 3.28. The van der Waals surface area contributed by atoms with Gasteiger partial charge in [0.2, 0.25) is 5.27 Å². The lowest BCUT2D eigenvalue weighted by Crippen LogP contribution is -2.36. The first kappa shape index (κ1) is 24.2. The number of thioether (sulfide) groups is 1. The van der Waals surface area contributed by atoms with Gasteiger partial charge in [-0.05, 0) is 67.3 Å². The third kappa shape index (κ3) is 5.96. The standard InChI is InChI=1S/C25H25N5O4S/c1-4-33-20-12-10-18(11-13-20)14-21-24(32)30(19-8-6-5-7-9-19)25(26-21)35-16-22(31)27-23-15-29(17(2)3)28-34-23/h5-15,17H,4,16H2,1-3H3/b21-14+. The fourth-order valence-corrected chi connectivity index (χ4v) is 4.00. The van der Waals surface area contributed by atoms with Crippen LogP contribution in [-0.2, 0) is 4.79 Å². The summed E-state index contributed by atoms with van der Waals surface area (Å²) in [5, 5.41) is 16.7. The van der Waals surface area contributed by atoms with Crippen LogP contribution in [0.2, 0.25) is 0 Å². The zero-order valence-corrected chi connectivity index (χ0v) is 20.4. The summed E-state index contributed by atoms with van der Waals surface area (Å²) in [7, 11) is 0. The van der Waals surface area contributed by atoms with Crippen LogP contribution in [0.1, 0.15) is 32.4 Å². The number of nitrogens with zero attached hydrogens (tertiary/aromatic N) is 5. The molecule has 1 aliphatic heterocycles. The molecule has 0 saturated carbocycles. The molecule has 1 aromatic heterocycles. The Hall–Kier alpha value is -3.92. The molecule has 35 heavy (non-hydrogen) atoms. The molecule has 180 valence electrons. The Morgan fingerprint density at radius 1 is 1.23 bits per heavy atom. The van der Waals surface area contributed by atoms with Crippen molar-refractivity contribution < 1.29 is 23.8 Å². The normalized spacial score (nSPS) is 15.3. The molecule has 0 spiro atoms. The summed E-state index contributed by atoms with van der Waals surface area (Å²) in [5.41, 5.74) is 1.75. The van der Waals surface area contributed by atoms with Crippen molar-refractivity contribution in [2.45, 2.75) is 26.8 Å². The molecule has 2 aromatic carbocycles. The molecule has 0 fully saturated rings. The first-order valence-corrected chi connectivity index (χ1v) is 12.1. The van der Waals surface area contributed by atoms with E-state index in [0.29, 0.717) is 17.5 Å². The number of benzene rings is 2. The molecule has 0 radical (unpaired) electrons. The van der Waals surface area contributed by atoms with Crippen LogP contribution in [0, 0.1) is 0 Å². The van der Waals surface area contributed by atoms with Gasteiger partial charge in [-0.3, -0.25) is 14.2 Å². The Balaban J connectivity index is 1.56. The highest BCUT2D eigenvalue weighted by Gasteiger charge is 2.31. The van der Waals surface area contributed by atoms with Crippen molar-refractivity contribution in [2.24, 2.45) is 9.98 Å². The van der Waals surface area contributed by atoms with Crippen molar-refractivity contribution in [3.63, 3.8) is 0 Å². The zero-order chi connectivity index (χ0) is 24.8. The first-order chi connectivity index (χ1) is 16.9. The number of carbonyl (C=O) groups excluding carboxylic acids is 1. The number of amides is 1. The number of anilines is 1. The molecule has 3 aromatic rings. The van der Waals surface area contributed by atoms with Gasteiger partial charge in [0.1, 0.15) is 11.4 Å². The van der Waals surface area contributed by atoms with Crippen LogP contribution in [0.15, 0.2) is 81.0 Å². The first-order valence-electron chi connectivity index (χ1n) is 11.1. The maximum absolute atomic E-state index is 13.3. The Labute approximate surface area is 207 Å². The van der Waals surface area contributed by atoms with Gasteiger partial charge in [-0.2, -0.15) is 0 Å². The van der Waals surface area contributed by atoms with Gasteiger partial charge in [-0.25, -0.2) is 9.98 Å². The van der Waals surface area contributed by atoms with Crippen LogP contribution in [0.4, 0.5) is 11.6 Å². The van der Waals surface area contributed by atoms with E-state index < -0.39 is 5.90 Å². The van der Waals surface area contributed by atoms with Gasteiger partial charge < -0.3 is 9.84 Å². The molecular weight excluding hydrogens is 466 g/mol. The summed E-state index contributed by atoms with van der Waals surface area (Å²) in [5.74, 6) is 0.170. The minimum Gasteiger partial charge on any atom is -0.861 e. The van der Waals surface area contributed by atoms with E-state index in [0.717, 1.165) is 23.1 Å². The second kappa shape index (κ2) is 11.0. The molecule has 0 atom stereocenters. The summed E-state index contributed by atoms with van der Waals surface area (Å²) < 4.78 is 12.1. The van der Waals surface area contributed by atoms with Crippen LogP contribution in [0.25, 0.3) is 6.08 Å². The van der Waals surface area contributed by atoms with Crippen LogP contribution in [0.3, 0.4) is 0 Å². The number of aliphatic imine (C=N–C) groups is 2. The highest BCUT2D eigenvalue weighted by atomic mass is 32.2. The minimum absolute atomic E-state index is 0.0197. The Morgan fingerprint density at radius 3 is 2.63 bits per heavy atom. The quantitative estimate of drug-likeness (QED) is 0.207. The van der Waals surface area contributed by atoms with Crippen molar-refractivity contribution in [1.29, 1.82) is 0 Å². The fraction of sp³-hybridized carbons (Fsp3) is 0.240. The number of ether oxygens (including phenoxy) is 1. The second-order valence-corrected chi connectivity index (χ2v) is 8.75. The molecule has 0 aliphatic carbocycles. The highest BCUT2D eigenvalue weighted by Crippen LogP contribution is 2.29. The molecule has 10 heteroatoms. The van der Waals surface area contributed by atoms with Crippen molar-refractivity contribution >= 4 is 46.4 Å². The topological polar surface area (TPSA) is 107 Å². The minimum atomic E-state index is -0.422. The summed E-state index contributed by atoms with van der Waals surface area (Å²) in [6, 6.07) is 16.7. The molecule has 0 bridgehead atoms. The molecule has 0 unspecified atom stereocenters. The Bertz CT molecular complexity index is 1270. The Kier molecular flexibility index (Phi) is 7.61. The Morgan fingerprint density at radius 2 is 1.97 bits per heavy atom. The van der Waals surface area contributed by atoms with Gasteiger partial charge in [0.05, 0.1) is 12.3 Å². The number of hydrogen-bond donors (Lipinski definition) is 0. The van der Waals surface area contributed by atoms with Crippen molar-refractivity contribution in [1.82, 2.24) is 5.27 Å². The zero-order valence-electron chi connectivity index (χ0n) is 19.6. The molecule has 0 saturated heterocycles. The summed E-state index contributed by atoms with van der Waals surface area (Å²) in [6.45, 7) is 6.38. The van der Waals surface area contributed by atoms with Crippen LogP contribution < -0.4 is 19.4 Å².